The second kappa shape index (κ2) is 5.61. The fraction of sp³-hybridized carbons (Fsp3) is 0.133. The Labute approximate surface area is 128 Å². The maximum Gasteiger partial charge on any atom is 0.347 e. The maximum atomic E-state index is 12.1. The second-order valence-corrected chi connectivity index (χ2v) is 5.56. The monoisotopic (exact) mass is 317 g/mol. The number of carboxylic acids is 1. The van der Waals surface area contributed by atoms with Crippen LogP contribution in [0.2, 0.25) is 0 Å². The average molecular weight is 317 g/mol. The van der Waals surface area contributed by atoms with Gasteiger partial charge in [-0.15, -0.1) is 11.3 Å². The van der Waals surface area contributed by atoms with Crippen LogP contribution >= 0.6 is 11.3 Å². The molecule has 22 heavy (non-hydrogen) atoms. The zero-order chi connectivity index (χ0) is 15.7. The lowest BCUT2D eigenvalue weighted by molar-refractivity contribution is -0.138. The van der Waals surface area contributed by atoms with E-state index in [0.29, 0.717) is 21.4 Å². The summed E-state index contributed by atoms with van der Waals surface area (Å²) in [4.78, 5) is 34.3. The number of carbonyl (C=O) groups excluding carboxylic acids is 1. The van der Waals surface area contributed by atoms with E-state index in [2.05, 4.69) is 5.32 Å². The smallest absolute Gasteiger partial charge is 0.347 e. The minimum atomic E-state index is -1.04. The van der Waals surface area contributed by atoms with Crippen LogP contribution in [0, 0.1) is 0 Å². The van der Waals surface area contributed by atoms with Crippen molar-refractivity contribution in [3.8, 4) is 0 Å². The summed E-state index contributed by atoms with van der Waals surface area (Å²) in [5.41, 5.74) is -0.0370. The molecule has 3 aromatic rings. The predicted octanol–water partition coefficient (Wildman–Crippen LogP) is 2.81. The quantitative estimate of drug-likeness (QED) is 0.721. The standard InChI is InChI=1S/C15H11NO5S/c17-11(5-6-12(18)19)16-14-13-9(7-22-14)8-3-1-2-4-10(8)21-15(13)20/h1-4,7H,5-6H2,(H,16,17)(H,18,19). The predicted molar refractivity (Wildman–Crippen MR) is 83.4 cm³/mol. The van der Waals surface area contributed by atoms with E-state index in [1.165, 1.54) is 11.3 Å². The van der Waals surface area contributed by atoms with Gasteiger partial charge in [0.1, 0.15) is 16.0 Å². The third kappa shape index (κ3) is 2.58. The second-order valence-electron chi connectivity index (χ2n) is 4.68. The number of rotatable bonds is 4. The van der Waals surface area contributed by atoms with Crippen LogP contribution in [-0.4, -0.2) is 17.0 Å². The summed E-state index contributed by atoms with van der Waals surface area (Å²) in [6, 6.07) is 7.16. The minimum absolute atomic E-state index is 0.145. The number of thiophene rings is 1. The number of amides is 1. The molecule has 0 spiro atoms. The third-order valence-electron chi connectivity index (χ3n) is 3.19. The molecule has 0 atom stereocenters. The van der Waals surface area contributed by atoms with E-state index in [4.69, 9.17) is 9.52 Å². The molecule has 1 aromatic carbocycles. The minimum Gasteiger partial charge on any atom is -0.481 e. The van der Waals surface area contributed by atoms with Crippen LogP contribution in [0.25, 0.3) is 21.7 Å². The van der Waals surface area contributed by atoms with E-state index in [9.17, 15) is 14.4 Å². The van der Waals surface area contributed by atoms with Gasteiger partial charge in [0.05, 0.1) is 6.42 Å². The lowest BCUT2D eigenvalue weighted by Crippen LogP contribution is -2.13. The highest BCUT2D eigenvalue weighted by Gasteiger charge is 2.15. The first kappa shape index (κ1) is 14.3. The van der Waals surface area contributed by atoms with Gasteiger partial charge >= 0.3 is 11.6 Å². The van der Waals surface area contributed by atoms with Crippen LogP contribution < -0.4 is 10.9 Å². The number of hydrogen-bond donors (Lipinski definition) is 2. The van der Waals surface area contributed by atoms with Crippen molar-refractivity contribution in [2.45, 2.75) is 12.8 Å². The summed E-state index contributed by atoms with van der Waals surface area (Å²) in [6.07, 6.45) is -0.402. The summed E-state index contributed by atoms with van der Waals surface area (Å²) >= 11 is 1.22. The molecule has 0 saturated heterocycles. The number of nitrogens with one attached hydrogen (secondary N) is 1. The fourth-order valence-electron chi connectivity index (χ4n) is 2.19. The molecule has 0 unspecified atom stereocenters. The maximum absolute atomic E-state index is 12.1. The Bertz CT molecular complexity index is 940. The number of carboxylic acid groups (broad SMARTS) is 1. The van der Waals surface area contributed by atoms with Crippen molar-refractivity contribution < 1.29 is 19.1 Å². The number of carbonyl (C=O) groups is 2. The van der Waals surface area contributed by atoms with Gasteiger partial charge in [0.25, 0.3) is 0 Å². The topological polar surface area (TPSA) is 96.6 Å². The van der Waals surface area contributed by atoms with Crippen molar-refractivity contribution in [3.05, 3.63) is 40.1 Å². The summed E-state index contributed by atoms with van der Waals surface area (Å²) in [6.45, 7) is 0. The van der Waals surface area contributed by atoms with Gasteiger partial charge < -0.3 is 14.8 Å². The zero-order valence-electron chi connectivity index (χ0n) is 11.3. The summed E-state index contributed by atoms with van der Waals surface area (Å²) in [5.74, 6) is -1.49. The third-order valence-corrected chi connectivity index (χ3v) is 4.09. The molecule has 2 N–H and O–H groups in total. The van der Waals surface area contributed by atoms with Gasteiger partial charge in [0.2, 0.25) is 5.91 Å². The molecular weight excluding hydrogens is 306 g/mol. The van der Waals surface area contributed by atoms with Crippen LogP contribution in [0.3, 0.4) is 0 Å². The molecule has 3 rings (SSSR count). The van der Waals surface area contributed by atoms with Gasteiger partial charge in [-0.3, -0.25) is 9.59 Å². The molecule has 0 aliphatic rings. The molecule has 0 aliphatic carbocycles. The first-order valence-electron chi connectivity index (χ1n) is 6.51. The van der Waals surface area contributed by atoms with Crippen molar-refractivity contribution in [1.82, 2.24) is 0 Å². The highest BCUT2D eigenvalue weighted by Crippen LogP contribution is 2.33. The van der Waals surface area contributed by atoms with Crippen LogP contribution in [0.15, 0.2) is 38.9 Å². The lowest BCUT2D eigenvalue weighted by Gasteiger charge is -2.02. The highest BCUT2D eigenvalue weighted by atomic mass is 32.1. The van der Waals surface area contributed by atoms with Gasteiger partial charge in [-0.2, -0.15) is 0 Å². The van der Waals surface area contributed by atoms with Crippen molar-refractivity contribution in [1.29, 1.82) is 0 Å². The molecule has 6 nitrogen and oxygen atoms in total. The SMILES string of the molecule is O=C(O)CCC(=O)Nc1scc2c1c(=O)oc1ccccc12. The Morgan fingerprint density at radius 3 is 2.73 bits per heavy atom. The number of para-hydroxylation sites is 1. The molecule has 112 valence electrons. The van der Waals surface area contributed by atoms with Crippen molar-refractivity contribution in [2.75, 3.05) is 5.32 Å². The van der Waals surface area contributed by atoms with E-state index in [1.807, 2.05) is 12.1 Å². The Morgan fingerprint density at radius 2 is 1.95 bits per heavy atom. The molecule has 2 aromatic heterocycles. The van der Waals surface area contributed by atoms with Crippen LogP contribution in [-0.2, 0) is 9.59 Å². The lowest BCUT2D eigenvalue weighted by atomic mass is 10.1. The highest BCUT2D eigenvalue weighted by molar-refractivity contribution is 7.16. The fourth-order valence-corrected chi connectivity index (χ4v) is 3.15. The van der Waals surface area contributed by atoms with Gasteiger partial charge in [0.15, 0.2) is 0 Å². The first-order valence-corrected chi connectivity index (χ1v) is 7.39. The molecule has 0 radical (unpaired) electrons. The van der Waals surface area contributed by atoms with Gasteiger partial charge in [-0.05, 0) is 6.07 Å². The number of hydrogen-bond acceptors (Lipinski definition) is 5. The Balaban J connectivity index is 2.02. The Kier molecular flexibility index (Phi) is 3.64. The summed E-state index contributed by atoms with van der Waals surface area (Å²) in [5, 5.41) is 15.1. The van der Waals surface area contributed by atoms with Crippen molar-refractivity contribution >= 4 is 50.0 Å². The summed E-state index contributed by atoms with van der Waals surface area (Å²) < 4.78 is 5.26. The average Bonchev–Trinajstić information content (AvgIpc) is 2.90. The van der Waals surface area contributed by atoms with Gasteiger partial charge in [-0.1, -0.05) is 18.2 Å². The van der Waals surface area contributed by atoms with Crippen molar-refractivity contribution in [2.24, 2.45) is 0 Å². The molecule has 1 amide bonds. The number of fused-ring (bicyclic) bond motifs is 3. The van der Waals surface area contributed by atoms with Crippen molar-refractivity contribution in [3.63, 3.8) is 0 Å². The number of aliphatic carboxylic acids is 1. The van der Waals surface area contributed by atoms with Crippen LogP contribution in [0.5, 0.6) is 0 Å². The normalized spacial score (nSPS) is 10.9. The molecule has 0 aliphatic heterocycles. The molecule has 7 heteroatoms. The van der Waals surface area contributed by atoms with E-state index < -0.39 is 17.5 Å². The summed E-state index contributed by atoms with van der Waals surface area (Å²) in [7, 11) is 0. The van der Waals surface area contributed by atoms with Gasteiger partial charge in [-0.25, -0.2) is 4.79 Å². The molecule has 0 saturated carbocycles. The first-order chi connectivity index (χ1) is 10.6. The number of anilines is 1. The molecule has 0 bridgehead atoms. The number of benzene rings is 1. The molecule has 0 fully saturated rings. The zero-order valence-corrected chi connectivity index (χ0v) is 12.1. The van der Waals surface area contributed by atoms with E-state index in [-0.39, 0.29) is 12.8 Å². The van der Waals surface area contributed by atoms with Gasteiger partial charge in [0, 0.05) is 22.6 Å². The van der Waals surface area contributed by atoms with Crippen LogP contribution in [0.1, 0.15) is 12.8 Å². The largest absolute Gasteiger partial charge is 0.481 e. The Morgan fingerprint density at radius 1 is 1.18 bits per heavy atom. The Hall–Kier alpha value is -2.67. The van der Waals surface area contributed by atoms with E-state index >= 15 is 0 Å². The van der Waals surface area contributed by atoms with E-state index in [1.54, 1.807) is 17.5 Å². The van der Waals surface area contributed by atoms with E-state index in [0.717, 1.165) is 5.39 Å². The molecule has 2 heterocycles. The molecular formula is C15H11NO5S. The van der Waals surface area contributed by atoms with Crippen LogP contribution in [0.4, 0.5) is 5.00 Å².